The molecule has 1 saturated heterocycles. The number of carbonyl (C=O) groups is 1. The molecule has 134 valence electrons. The number of hydrogen-bond donors (Lipinski definition) is 1. The molecule has 0 bridgehead atoms. The summed E-state index contributed by atoms with van der Waals surface area (Å²) in [5, 5.41) is 3.95. The maximum Gasteiger partial charge on any atom is 0.264 e. The van der Waals surface area contributed by atoms with E-state index in [2.05, 4.69) is 26.2 Å². The third-order valence-electron chi connectivity index (χ3n) is 3.60. The molecule has 2 aromatic rings. The highest BCUT2D eigenvalue weighted by atomic mass is 79.9. The second-order valence-electron chi connectivity index (χ2n) is 5.53. The van der Waals surface area contributed by atoms with E-state index < -0.39 is 0 Å². The number of benzene rings is 2. The van der Waals surface area contributed by atoms with Crippen molar-refractivity contribution < 1.29 is 9.53 Å². The maximum atomic E-state index is 12.3. The summed E-state index contributed by atoms with van der Waals surface area (Å²) in [5.74, 6) is 0.543. The Morgan fingerprint density at radius 3 is 2.85 bits per heavy atom. The number of amides is 1. The average Bonchev–Trinajstić information content (AvgIpc) is 2.93. The molecule has 0 unspecified atom stereocenters. The number of aryl methyl sites for hydroxylation is 1. The van der Waals surface area contributed by atoms with Crippen LogP contribution in [0.3, 0.4) is 0 Å². The third kappa shape index (κ3) is 4.50. The molecule has 0 atom stereocenters. The topological polar surface area (TPSA) is 50.7 Å². The molecule has 3 rings (SSSR count). The smallest absolute Gasteiger partial charge is 0.264 e. The zero-order chi connectivity index (χ0) is 18.7. The van der Waals surface area contributed by atoms with Gasteiger partial charge in [0, 0.05) is 15.1 Å². The molecule has 1 N–H and O–H groups in total. The van der Waals surface area contributed by atoms with Gasteiger partial charge in [0.25, 0.3) is 5.91 Å². The van der Waals surface area contributed by atoms with Crippen molar-refractivity contribution in [1.29, 1.82) is 0 Å². The molecule has 1 heterocycles. The van der Waals surface area contributed by atoms with E-state index in [0.717, 1.165) is 21.3 Å². The van der Waals surface area contributed by atoms with Crippen LogP contribution in [-0.2, 0) is 4.79 Å². The zero-order valence-corrected chi connectivity index (χ0v) is 17.3. The van der Waals surface area contributed by atoms with E-state index in [0.29, 0.717) is 27.4 Å². The molecule has 1 aliphatic rings. The summed E-state index contributed by atoms with van der Waals surface area (Å²) in [6.07, 6.45) is 1.81. The van der Waals surface area contributed by atoms with Crippen LogP contribution >= 0.6 is 39.3 Å². The average molecular weight is 452 g/mol. The van der Waals surface area contributed by atoms with Gasteiger partial charge in [0.05, 0.1) is 17.2 Å². The summed E-state index contributed by atoms with van der Waals surface area (Å²) in [4.78, 5) is 17.3. The van der Waals surface area contributed by atoms with Crippen molar-refractivity contribution in [2.45, 2.75) is 13.8 Å². The van der Waals surface area contributed by atoms with Crippen LogP contribution in [0.25, 0.3) is 6.08 Å². The van der Waals surface area contributed by atoms with Crippen LogP contribution in [0.2, 0.25) is 5.02 Å². The Morgan fingerprint density at radius 1 is 1.31 bits per heavy atom. The van der Waals surface area contributed by atoms with Crippen molar-refractivity contribution >= 4 is 62.1 Å². The number of nitrogens with one attached hydrogen (secondary N) is 1. The fourth-order valence-electron chi connectivity index (χ4n) is 2.31. The predicted octanol–water partition coefficient (Wildman–Crippen LogP) is 5.70. The first kappa shape index (κ1) is 19.0. The summed E-state index contributed by atoms with van der Waals surface area (Å²) < 4.78 is 6.55. The minimum Gasteiger partial charge on any atom is -0.493 e. The minimum absolute atomic E-state index is 0.186. The molecule has 0 spiro atoms. The fraction of sp³-hybridized carbons (Fsp3) is 0.158. The molecular formula is C19H16BrClN2O2S. The zero-order valence-electron chi connectivity index (χ0n) is 14.2. The number of ether oxygens (including phenoxy) is 1. The normalized spacial score (nSPS) is 17.0. The van der Waals surface area contributed by atoms with Gasteiger partial charge in [0.1, 0.15) is 5.75 Å². The number of thioether (sulfide) groups is 1. The molecule has 26 heavy (non-hydrogen) atoms. The van der Waals surface area contributed by atoms with Gasteiger partial charge in [-0.05, 0) is 67.6 Å². The molecule has 1 aliphatic heterocycles. The van der Waals surface area contributed by atoms with Crippen LogP contribution in [-0.4, -0.2) is 17.7 Å². The van der Waals surface area contributed by atoms with Crippen molar-refractivity contribution in [1.82, 2.24) is 5.32 Å². The van der Waals surface area contributed by atoms with Gasteiger partial charge < -0.3 is 10.1 Å². The lowest BCUT2D eigenvalue weighted by Gasteiger charge is -2.07. The summed E-state index contributed by atoms with van der Waals surface area (Å²) in [5.41, 5.74) is 2.51. The molecule has 0 saturated carbocycles. The number of rotatable bonds is 4. The van der Waals surface area contributed by atoms with Gasteiger partial charge >= 0.3 is 0 Å². The highest BCUT2D eigenvalue weighted by molar-refractivity contribution is 9.10. The number of carbonyl (C=O) groups excluding carboxylic acids is 1. The van der Waals surface area contributed by atoms with Gasteiger partial charge in [0.2, 0.25) is 0 Å². The quantitative estimate of drug-likeness (QED) is 0.607. The lowest BCUT2D eigenvalue weighted by atomic mass is 10.2. The third-order valence-corrected chi connectivity index (χ3v) is 5.41. The lowest BCUT2D eigenvalue weighted by molar-refractivity contribution is -0.115. The van der Waals surface area contributed by atoms with Crippen molar-refractivity contribution in [3.63, 3.8) is 0 Å². The Labute approximate surface area is 169 Å². The van der Waals surface area contributed by atoms with Gasteiger partial charge in [-0.1, -0.05) is 33.6 Å². The van der Waals surface area contributed by atoms with E-state index in [1.807, 2.05) is 44.2 Å². The second kappa shape index (κ2) is 8.29. The van der Waals surface area contributed by atoms with Crippen molar-refractivity contribution in [3.05, 3.63) is 61.9 Å². The van der Waals surface area contributed by atoms with Crippen molar-refractivity contribution in [3.8, 4) is 5.75 Å². The highest BCUT2D eigenvalue weighted by Crippen LogP contribution is 2.32. The van der Waals surface area contributed by atoms with Crippen LogP contribution in [0.15, 0.2) is 50.8 Å². The first-order valence-corrected chi connectivity index (χ1v) is 9.93. The molecule has 1 amide bonds. The first-order valence-electron chi connectivity index (χ1n) is 7.94. The lowest BCUT2D eigenvalue weighted by Crippen LogP contribution is -2.19. The van der Waals surface area contributed by atoms with E-state index in [1.165, 1.54) is 11.8 Å². The Morgan fingerprint density at radius 2 is 2.12 bits per heavy atom. The van der Waals surface area contributed by atoms with Crippen LogP contribution in [0.1, 0.15) is 18.1 Å². The van der Waals surface area contributed by atoms with E-state index in [4.69, 9.17) is 16.3 Å². The summed E-state index contributed by atoms with van der Waals surface area (Å²) in [6.45, 7) is 4.41. The SMILES string of the molecule is CCOc1ccc(Br)cc1/C=C1/SC(=Nc2ccc(C)c(Cl)c2)NC1=O. The van der Waals surface area contributed by atoms with Crippen molar-refractivity contribution in [2.75, 3.05) is 6.61 Å². The molecule has 1 fully saturated rings. The first-order chi connectivity index (χ1) is 12.5. The van der Waals surface area contributed by atoms with E-state index in [9.17, 15) is 4.79 Å². The standard InChI is InChI=1S/C19H16BrClN2O2S/c1-3-25-16-7-5-13(20)8-12(16)9-17-18(24)23-19(26-17)22-14-6-4-11(2)15(21)10-14/h4-10H,3H2,1-2H3,(H,22,23,24)/b17-9+. The highest BCUT2D eigenvalue weighted by Gasteiger charge is 2.24. The van der Waals surface area contributed by atoms with Crippen LogP contribution in [0, 0.1) is 6.92 Å². The Kier molecular flexibility index (Phi) is 6.06. The van der Waals surface area contributed by atoms with Crippen molar-refractivity contribution in [2.24, 2.45) is 4.99 Å². The molecule has 0 aromatic heterocycles. The van der Waals surface area contributed by atoms with Crippen LogP contribution < -0.4 is 10.1 Å². The minimum atomic E-state index is -0.186. The monoisotopic (exact) mass is 450 g/mol. The summed E-state index contributed by atoms with van der Waals surface area (Å²) >= 11 is 10.9. The van der Waals surface area contributed by atoms with Gasteiger partial charge in [-0.25, -0.2) is 4.99 Å². The number of hydrogen-bond acceptors (Lipinski definition) is 4. The number of halogens is 2. The van der Waals surface area contributed by atoms with E-state index >= 15 is 0 Å². The van der Waals surface area contributed by atoms with Gasteiger partial charge in [-0.2, -0.15) is 0 Å². The second-order valence-corrected chi connectivity index (χ2v) is 7.88. The molecule has 0 aliphatic carbocycles. The number of aliphatic imine (C=N–C) groups is 1. The predicted molar refractivity (Wildman–Crippen MR) is 112 cm³/mol. The summed E-state index contributed by atoms with van der Waals surface area (Å²) in [7, 11) is 0. The number of nitrogens with zero attached hydrogens (tertiary/aromatic N) is 1. The Hall–Kier alpha value is -1.76. The van der Waals surface area contributed by atoms with E-state index in [-0.39, 0.29) is 5.91 Å². The molecular weight excluding hydrogens is 436 g/mol. The van der Waals surface area contributed by atoms with Gasteiger partial charge in [-0.15, -0.1) is 0 Å². The van der Waals surface area contributed by atoms with E-state index in [1.54, 1.807) is 12.1 Å². The molecule has 2 aromatic carbocycles. The van der Waals surface area contributed by atoms with Gasteiger partial charge in [0.15, 0.2) is 5.17 Å². The fourth-order valence-corrected chi connectivity index (χ4v) is 3.70. The van der Waals surface area contributed by atoms with Crippen LogP contribution in [0.4, 0.5) is 5.69 Å². The largest absolute Gasteiger partial charge is 0.493 e. The molecule has 0 radical (unpaired) electrons. The molecule has 4 nitrogen and oxygen atoms in total. The maximum absolute atomic E-state index is 12.3. The summed E-state index contributed by atoms with van der Waals surface area (Å²) in [6, 6.07) is 11.2. The van der Waals surface area contributed by atoms with Gasteiger partial charge in [-0.3, -0.25) is 4.79 Å². The number of amidine groups is 1. The van der Waals surface area contributed by atoms with Crippen LogP contribution in [0.5, 0.6) is 5.75 Å². The Balaban J connectivity index is 1.88. The Bertz CT molecular complexity index is 928. The molecule has 7 heteroatoms.